The maximum Gasteiger partial charge on any atom is 0.244 e. The summed E-state index contributed by atoms with van der Waals surface area (Å²) in [5, 5.41) is 3.38. The molecule has 0 aromatic carbocycles. The molecule has 1 heterocycles. The number of nitrogens with zero attached hydrogens (tertiary/aromatic N) is 1. The Labute approximate surface area is 105 Å². The molecule has 1 aromatic rings. The van der Waals surface area contributed by atoms with Crippen LogP contribution in [0.25, 0.3) is 0 Å². The van der Waals surface area contributed by atoms with Gasteiger partial charge in [-0.25, -0.2) is 4.98 Å². The van der Waals surface area contributed by atoms with E-state index in [1.165, 1.54) is 17.7 Å². The summed E-state index contributed by atoms with van der Waals surface area (Å²) in [6.07, 6.45) is 9.83. The second-order valence-electron chi connectivity index (χ2n) is 4.10. The lowest BCUT2D eigenvalue weighted by molar-refractivity contribution is -0.117. The number of nitrogens with two attached hydrogens (primary N) is 1. The third kappa shape index (κ3) is 2.84. The number of aromatic nitrogens is 1. The second-order valence-corrected chi connectivity index (χ2v) is 5.18. The van der Waals surface area contributed by atoms with E-state index in [1.807, 2.05) is 0 Å². The fourth-order valence-corrected chi connectivity index (χ4v) is 2.88. The first-order valence-corrected chi connectivity index (χ1v) is 6.51. The topological polar surface area (TPSA) is 68.0 Å². The lowest BCUT2D eigenvalue weighted by Crippen LogP contribution is -2.35. The maximum atomic E-state index is 11.7. The molecule has 17 heavy (non-hydrogen) atoms. The van der Waals surface area contributed by atoms with Gasteiger partial charge in [0.2, 0.25) is 5.91 Å². The Morgan fingerprint density at radius 3 is 3.06 bits per heavy atom. The van der Waals surface area contributed by atoms with Crippen LogP contribution in [0.5, 0.6) is 0 Å². The minimum Gasteiger partial charge on any atom is -0.319 e. The molecule has 0 fully saturated rings. The highest BCUT2D eigenvalue weighted by Gasteiger charge is 2.18. The summed E-state index contributed by atoms with van der Waals surface area (Å²) < 4.78 is 0. The Hall–Kier alpha value is -1.38. The number of fused-ring (bicyclic) bond motifs is 1. The molecule has 0 bridgehead atoms. The van der Waals surface area contributed by atoms with E-state index in [0.717, 1.165) is 18.5 Å². The largest absolute Gasteiger partial charge is 0.319 e. The van der Waals surface area contributed by atoms with Crippen LogP contribution in [0.2, 0.25) is 0 Å². The van der Waals surface area contributed by atoms with Crippen LogP contribution in [-0.4, -0.2) is 16.9 Å². The molecule has 0 saturated carbocycles. The smallest absolute Gasteiger partial charge is 0.244 e. The van der Waals surface area contributed by atoms with Crippen molar-refractivity contribution in [1.82, 2.24) is 4.98 Å². The van der Waals surface area contributed by atoms with Crippen molar-refractivity contribution in [3.8, 4) is 12.3 Å². The number of aryl methyl sites for hydroxylation is 2. The predicted molar refractivity (Wildman–Crippen MR) is 68.8 cm³/mol. The predicted octanol–water partition coefficient (Wildman–Crippen LogP) is 1.31. The lowest BCUT2D eigenvalue weighted by atomic mass is 10.0. The van der Waals surface area contributed by atoms with Crippen LogP contribution < -0.4 is 11.1 Å². The third-order valence-electron chi connectivity index (χ3n) is 2.75. The first kappa shape index (κ1) is 12.1. The second kappa shape index (κ2) is 5.30. The zero-order valence-electron chi connectivity index (χ0n) is 9.53. The fraction of sp³-hybridized carbons (Fsp3) is 0.500. The van der Waals surface area contributed by atoms with Gasteiger partial charge in [0, 0.05) is 11.3 Å². The monoisotopic (exact) mass is 249 g/mol. The number of nitrogens with one attached hydrogen (secondary N) is 1. The molecule has 1 amide bonds. The highest BCUT2D eigenvalue weighted by atomic mass is 32.1. The molecule has 3 N–H and O–H groups in total. The molecule has 1 aliphatic rings. The number of hydrogen-bond donors (Lipinski definition) is 2. The van der Waals surface area contributed by atoms with Gasteiger partial charge in [-0.15, -0.1) is 23.7 Å². The van der Waals surface area contributed by atoms with Crippen LogP contribution in [0.4, 0.5) is 5.13 Å². The van der Waals surface area contributed by atoms with Crippen LogP contribution >= 0.6 is 11.3 Å². The average Bonchev–Trinajstić information content (AvgIpc) is 2.71. The van der Waals surface area contributed by atoms with Gasteiger partial charge in [-0.3, -0.25) is 4.79 Å². The maximum absolute atomic E-state index is 11.7. The standard InChI is InChI=1S/C12H15N3OS/c1-2-5-8(13)11(16)15-12-14-9-6-3-4-7-10(9)17-12/h1,8H,3-7,13H2,(H,14,15,16). The lowest BCUT2D eigenvalue weighted by Gasteiger charge is -2.06. The van der Waals surface area contributed by atoms with Crippen LogP contribution in [0.15, 0.2) is 0 Å². The van der Waals surface area contributed by atoms with Gasteiger partial charge in [0.05, 0.1) is 11.7 Å². The normalized spacial score (nSPS) is 15.8. The molecular formula is C12H15N3OS. The van der Waals surface area contributed by atoms with E-state index < -0.39 is 6.04 Å². The summed E-state index contributed by atoms with van der Waals surface area (Å²) in [4.78, 5) is 17.4. The first-order chi connectivity index (χ1) is 8.20. The Morgan fingerprint density at radius 2 is 2.35 bits per heavy atom. The van der Waals surface area contributed by atoms with Crippen LogP contribution in [0.3, 0.4) is 0 Å². The zero-order chi connectivity index (χ0) is 12.3. The molecule has 1 atom stereocenters. The van der Waals surface area contributed by atoms with Gasteiger partial charge in [0.1, 0.15) is 0 Å². The third-order valence-corrected chi connectivity index (χ3v) is 3.82. The molecule has 4 nitrogen and oxygen atoms in total. The minimum atomic E-state index is -0.652. The van der Waals surface area contributed by atoms with Gasteiger partial charge in [-0.05, 0) is 25.7 Å². The van der Waals surface area contributed by atoms with Crippen LogP contribution in [0, 0.1) is 12.3 Å². The summed E-state index contributed by atoms with van der Waals surface area (Å²) in [7, 11) is 0. The molecule has 0 aliphatic heterocycles. The summed E-state index contributed by atoms with van der Waals surface area (Å²) in [5.41, 5.74) is 6.75. The van der Waals surface area contributed by atoms with Crippen LogP contribution in [0.1, 0.15) is 29.8 Å². The molecule has 90 valence electrons. The van der Waals surface area contributed by atoms with Crippen molar-refractivity contribution >= 4 is 22.4 Å². The number of amides is 1. The van der Waals surface area contributed by atoms with Gasteiger partial charge in [0.15, 0.2) is 5.13 Å². The zero-order valence-corrected chi connectivity index (χ0v) is 10.3. The molecule has 1 unspecified atom stereocenters. The van der Waals surface area contributed by atoms with Crippen molar-refractivity contribution < 1.29 is 4.79 Å². The molecule has 1 aliphatic carbocycles. The minimum absolute atomic E-state index is 0.247. The number of thiazole rings is 1. The Kier molecular flexibility index (Phi) is 3.77. The van der Waals surface area contributed by atoms with Gasteiger partial charge in [-0.1, -0.05) is 0 Å². The quantitative estimate of drug-likeness (QED) is 0.794. The molecule has 0 saturated heterocycles. The van der Waals surface area contributed by atoms with E-state index in [4.69, 9.17) is 12.2 Å². The molecule has 0 radical (unpaired) electrons. The number of terminal acetylenes is 1. The van der Waals surface area contributed by atoms with Crippen molar-refractivity contribution in [2.45, 2.75) is 38.1 Å². The van der Waals surface area contributed by atoms with Gasteiger partial charge >= 0.3 is 0 Å². The molecule has 1 aromatic heterocycles. The number of carbonyl (C=O) groups excluding carboxylic acids is 1. The van der Waals surface area contributed by atoms with Crippen molar-refractivity contribution in [1.29, 1.82) is 0 Å². The fourth-order valence-electron chi connectivity index (χ4n) is 1.82. The Morgan fingerprint density at radius 1 is 1.59 bits per heavy atom. The number of rotatable bonds is 3. The molecule has 5 heteroatoms. The highest BCUT2D eigenvalue weighted by molar-refractivity contribution is 7.15. The number of carbonyl (C=O) groups is 1. The van der Waals surface area contributed by atoms with E-state index in [0.29, 0.717) is 5.13 Å². The van der Waals surface area contributed by atoms with E-state index in [-0.39, 0.29) is 12.3 Å². The van der Waals surface area contributed by atoms with E-state index in [9.17, 15) is 4.79 Å². The number of hydrogen-bond acceptors (Lipinski definition) is 4. The van der Waals surface area contributed by atoms with E-state index >= 15 is 0 Å². The summed E-state index contributed by atoms with van der Waals surface area (Å²) >= 11 is 1.55. The summed E-state index contributed by atoms with van der Waals surface area (Å²) in [6.45, 7) is 0. The van der Waals surface area contributed by atoms with E-state index in [1.54, 1.807) is 11.3 Å². The van der Waals surface area contributed by atoms with Gasteiger partial charge in [-0.2, -0.15) is 0 Å². The Bertz CT molecular complexity index is 437. The van der Waals surface area contributed by atoms with E-state index in [2.05, 4.69) is 16.2 Å². The summed E-state index contributed by atoms with van der Waals surface area (Å²) in [6, 6.07) is -0.652. The highest BCUT2D eigenvalue weighted by Crippen LogP contribution is 2.29. The van der Waals surface area contributed by atoms with Crippen LogP contribution in [-0.2, 0) is 17.6 Å². The Balaban J connectivity index is 2.02. The SMILES string of the molecule is C#CCC(N)C(=O)Nc1nc2c(s1)CCCC2. The van der Waals surface area contributed by atoms with Gasteiger partial charge < -0.3 is 11.1 Å². The van der Waals surface area contributed by atoms with Gasteiger partial charge in [0.25, 0.3) is 0 Å². The summed E-state index contributed by atoms with van der Waals surface area (Å²) in [5.74, 6) is 2.12. The number of anilines is 1. The molecule has 2 rings (SSSR count). The molecule has 0 spiro atoms. The van der Waals surface area contributed by atoms with Crippen molar-refractivity contribution in [2.75, 3.05) is 5.32 Å². The van der Waals surface area contributed by atoms with Crippen molar-refractivity contribution in [2.24, 2.45) is 5.73 Å². The first-order valence-electron chi connectivity index (χ1n) is 5.69. The molecular weight excluding hydrogens is 234 g/mol. The average molecular weight is 249 g/mol. The van der Waals surface area contributed by atoms with Crippen molar-refractivity contribution in [3.05, 3.63) is 10.6 Å². The van der Waals surface area contributed by atoms with Crippen molar-refractivity contribution in [3.63, 3.8) is 0 Å².